The minimum absolute atomic E-state index is 0.421. The van der Waals surface area contributed by atoms with Gasteiger partial charge in [-0.3, -0.25) is 4.68 Å². The third kappa shape index (κ3) is 3.31. The van der Waals surface area contributed by atoms with Crippen LogP contribution in [0.1, 0.15) is 17.0 Å². The van der Waals surface area contributed by atoms with Crippen molar-refractivity contribution >= 4 is 11.6 Å². The lowest BCUT2D eigenvalue weighted by atomic mass is 10.2. The fourth-order valence-electron chi connectivity index (χ4n) is 1.94. The van der Waals surface area contributed by atoms with Crippen molar-refractivity contribution in [2.45, 2.75) is 26.8 Å². The second kappa shape index (κ2) is 6.44. The summed E-state index contributed by atoms with van der Waals surface area (Å²) in [6.45, 7) is 5.01. The van der Waals surface area contributed by atoms with Crippen LogP contribution in [0.2, 0.25) is 5.02 Å². The van der Waals surface area contributed by atoms with Crippen LogP contribution in [0.4, 0.5) is 0 Å². The number of benzene rings is 1. The van der Waals surface area contributed by atoms with E-state index in [2.05, 4.69) is 11.2 Å². The Labute approximate surface area is 123 Å². The van der Waals surface area contributed by atoms with Crippen LogP contribution in [0.5, 0.6) is 5.75 Å². The highest BCUT2D eigenvalue weighted by Gasteiger charge is 2.08. The molecule has 104 valence electrons. The summed E-state index contributed by atoms with van der Waals surface area (Å²) < 4.78 is 7.51. The van der Waals surface area contributed by atoms with E-state index in [4.69, 9.17) is 21.6 Å². The minimum atomic E-state index is 0.421. The van der Waals surface area contributed by atoms with Gasteiger partial charge in [-0.15, -0.1) is 0 Å². The van der Waals surface area contributed by atoms with Crippen molar-refractivity contribution in [3.05, 3.63) is 46.2 Å². The monoisotopic (exact) mass is 289 g/mol. The molecule has 0 fully saturated rings. The quantitative estimate of drug-likeness (QED) is 0.848. The third-order valence-electron chi connectivity index (χ3n) is 3.07. The molecule has 0 saturated carbocycles. The molecule has 5 heteroatoms. The molecule has 0 unspecified atom stereocenters. The molecule has 0 saturated heterocycles. The van der Waals surface area contributed by atoms with Crippen molar-refractivity contribution in [2.24, 2.45) is 0 Å². The summed E-state index contributed by atoms with van der Waals surface area (Å²) in [6, 6.07) is 9.67. The zero-order chi connectivity index (χ0) is 14.5. The van der Waals surface area contributed by atoms with Gasteiger partial charge in [0.2, 0.25) is 0 Å². The van der Waals surface area contributed by atoms with E-state index < -0.39 is 0 Å². The third-order valence-corrected chi connectivity index (χ3v) is 3.62. The summed E-state index contributed by atoms with van der Waals surface area (Å²) in [6.07, 6.45) is 0.421. The van der Waals surface area contributed by atoms with Gasteiger partial charge in [-0.2, -0.15) is 10.4 Å². The van der Waals surface area contributed by atoms with E-state index in [-0.39, 0.29) is 0 Å². The average Bonchev–Trinajstić information content (AvgIpc) is 2.69. The zero-order valence-electron chi connectivity index (χ0n) is 11.6. The molecule has 0 spiro atoms. The topological polar surface area (TPSA) is 50.8 Å². The molecule has 0 aliphatic heterocycles. The molecule has 0 radical (unpaired) electrons. The van der Waals surface area contributed by atoms with Gasteiger partial charge in [0.25, 0.3) is 0 Å². The first-order valence-electron chi connectivity index (χ1n) is 6.40. The van der Waals surface area contributed by atoms with Gasteiger partial charge in [0.1, 0.15) is 12.4 Å². The smallest absolute Gasteiger partial charge is 0.119 e. The predicted octanol–water partition coefficient (Wildman–Crippen LogP) is 3.30. The van der Waals surface area contributed by atoms with E-state index in [1.807, 2.05) is 42.8 Å². The molecule has 0 aliphatic rings. The van der Waals surface area contributed by atoms with Crippen molar-refractivity contribution in [1.82, 2.24) is 9.78 Å². The standard InChI is InChI=1S/C15H16ClN3O/c1-11-15(16)12(2)19(18-11)9-10-20-14-5-3-13(4-6-14)7-8-17/h3-6H,7,9-10H2,1-2H3. The van der Waals surface area contributed by atoms with Crippen molar-refractivity contribution in [3.8, 4) is 11.8 Å². The number of aryl methyl sites for hydroxylation is 1. The number of hydrogen-bond donors (Lipinski definition) is 0. The van der Waals surface area contributed by atoms with Crippen LogP contribution in [-0.2, 0) is 13.0 Å². The van der Waals surface area contributed by atoms with Crippen LogP contribution in [0.15, 0.2) is 24.3 Å². The molecular formula is C15H16ClN3O. The van der Waals surface area contributed by atoms with Crippen LogP contribution < -0.4 is 4.74 Å². The fraction of sp³-hybridized carbons (Fsp3) is 0.333. The van der Waals surface area contributed by atoms with Crippen molar-refractivity contribution in [3.63, 3.8) is 0 Å². The number of ether oxygens (including phenoxy) is 1. The number of nitrogens with zero attached hydrogens (tertiary/aromatic N) is 3. The Morgan fingerprint density at radius 3 is 2.55 bits per heavy atom. The molecule has 1 aromatic carbocycles. The molecule has 0 amide bonds. The Balaban J connectivity index is 1.89. The van der Waals surface area contributed by atoms with Crippen molar-refractivity contribution in [1.29, 1.82) is 5.26 Å². The molecule has 4 nitrogen and oxygen atoms in total. The molecule has 1 aromatic heterocycles. The number of aromatic nitrogens is 2. The Kier molecular flexibility index (Phi) is 4.65. The maximum atomic E-state index is 8.61. The Hall–Kier alpha value is -1.99. The second-order valence-electron chi connectivity index (χ2n) is 4.54. The van der Waals surface area contributed by atoms with E-state index in [1.165, 1.54) is 0 Å². The number of halogens is 1. The summed E-state index contributed by atoms with van der Waals surface area (Å²) in [5.41, 5.74) is 2.78. The highest BCUT2D eigenvalue weighted by atomic mass is 35.5. The first kappa shape index (κ1) is 14.4. The largest absolute Gasteiger partial charge is 0.492 e. The van der Waals surface area contributed by atoms with Gasteiger partial charge in [0.05, 0.1) is 35.4 Å². The Morgan fingerprint density at radius 2 is 2.00 bits per heavy atom. The van der Waals surface area contributed by atoms with Gasteiger partial charge in [0, 0.05) is 0 Å². The fourth-order valence-corrected chi connectivity index (χ4v) is 2.07. The van der Waals surface area contributed by atoms with Crippen molar-refractivity contribution < 1.29 is 4.74 Å². The van der Waals surface area contributed by atoms with E-state index in [9.17, 15) is 0 Å². The predicted molar refractivity (Wildman–Crippen MR) is 78.0 cm³/mol. The molecule has 0 bridgehead atoms. The number of rotatable bonds is 5. The molecule has 0 atom stereocenters. The number of nitriles is 1. The van der Waals surface area contributed by atoms with Gasteiger partial charge < -0.3 is 4.74 Å². The van der Waals surface area contributed by atoms with Gasteiger partial charge >= 0.3 is 0 Å². The normalized spacial score (nSPS) is 10.3. The second-order valence-corrected chi connectivity index (χ2v) is 4.91. The molecule has 2 aromatic rings. The lowest BCUT2D eigenvalue weighted by Crippen LogP contribution is -2.10. The lowest BCUT2D eigenvalue weighted by molar-refractivity contribution is 0.289. The Morgan fingerprint density at radius 1 is 1.30 bits per heavy atom. The van der Waals surface area contributed by atoms with E-state index in [0.29, 0.717) is 24.6 Å². The number of hydrogen-bond acceptors (Lipinski definition) is 3. The molecule has 20 heavy (non-hydrogen) atoms. The molecule has 0 aliphatic carbocycles. The van der Waals surface area contributed by atoms with Gasteiger partial charge in [-0.25, -0.2) is 0 Å². The van der Waals surface area contributed by atoms with Crippen LogP contribution in [0, 0.1) is 25.2 Å². The molecule has 0 N–H and O–H groups in total. The highest BCUT2D eigenvalue weighted by molar-refractivity contribution is 6.31. The van der Waals surface area contributed by atoms with Gasteiger partial charge in [-0.1, -0.05) is 23.7 Å². The highest BCUT2D eigenvalue weighted by Crippen LogP contribution is 2.19. The molecule has 1 heterocycles. The van der Waals surface area contributed by atoms with Gasteiger partial charge in [-0.05, 0) is 31.5 Å². The SMILES string of the molecule is Cc1nn(CCOc2ccc(CC#N)cc2)c(C)c1Cl. The molecular weight excluding hydrogens is 274 g/mol. The zero-order valence-corrected chi connectivity index (χ0v) is 12.3. The van der Waals surface area contributed by atoms with Crippen LogP contribution >= 0.6 is 11.6 Å². The lowest BCUT2D eigenvalue weighted by Gasteiger charge is -2.08. The van der Waals surface area contributed by atoms with E-state index >= 15 is 0 Å². The average molecular weight is 290 g/mol. The van der Waals surface area contributed by atoms with E-state index in [1.54, 1.807) is 0 Å². The van der Waals surface area contributed by atoms with Crippen LogP contribution in [0.25, 0.3) is 0 Å². The summed E-state index contributed by atoms with van der Waals surface area (Å²) >= 11 is 6.09. The molecule has 2 rings (SSSR count). The Bertz CT molecular complexity index is 626. The first-order valence-corrected chi connectivity index (χ1v) is 6.78. The maximum absolute atomic E-state index is 8.61. The summed E-state index contributed by atoms with van der Waals surface area (Å²) in [5.74, 6) is 0.791. The minimum Gasteiger partial charge on any atom is -0.492 e. The first-order chi connectivity index (χ1) is 9.61. The van der Waals surface area contributed by atoms with Crippen LogP contribution in [-0.4, -0.2) is 16.4 Å². The summed E-state index contributed by atoms with van der Waals surface area (Å²) in [4.78, 5) is 0. The van der Waals surface area contributed by atoms with E-state index in [0.717, 1.165) is 22.7 Å². The van der Waals surface area contributed by atoms with Crippen LogP contribution in [0.3, 0.4) is 0 Å². The van der Waals surface area contributed by atoms with Crippen molar-refractivity contribution in [2.75, 3.05) is 6.61 Å². The summed E-state index contributed by atoms with van der Waals surface area (Å²) in [7, 11) is 0. The maximum Gasteiger partial charge on any atom is 0.119 e. The van der Waals surface area contributed by atoms with Gasteiger partial charge in [0.15, 0.2) is 0 Å². The summed E-state index contributed by atoms with van der Waals surface area (Å²) in [5, 5.41) is 13.7.